The van der Waals surface area contributed by atoms with Crippen LogP contribution in [0.5, 0.6) is 0 Å². The van der Waals surface area contributed by atoms with E-state index in [1.54, 1.807) is 24.3 Å². The molecule has 0 aromatic heterocycles. The number of esters is 1. The van der Waals surface area contributed by atoms with Crippen LogP contribution in [0.1, 0.15) is 22.3 Å². The lowest BCUT2D eigenvalue weighted by Gasteiger charge is -2.13. The van der Waals surface area contributed by atoms with Gasteiger partial charge in [0.15, 0.2) is 0 Å². The van der Waals surface area contributed by atoms with Crippen molar-refractivity contribution in [3.8, 4) is 11.1 Å². The predicted molar refractivity (Wildman–Crippen MR) is 93.4 cm³/mol. The van der Waals surface area contributed by atoms with Crippen molar-refractivity contribution in [3.05, 3.63) is 59.4 Å². The Hall–Kier alpha value is -1.98. The van der Waals surface area contributed by atoms with Crippen LogP contribution in [-0.4, -0.2) is 30.7 Å². The largest absolute Gasteiger partial charge is 0.465 e. The maximum Gasteiger partial charge on any atom is 0.338 e. The zero-order valence-corrected chi connectivity index (χ0v) is 13.9. The first-order chi connectivity index (χ1) is 11.1. The third-order valence-electron chi connectivity index (χ3n) is 3.95. The monoisotopic (exact) mass is 331 g/mol. The number of carbonyl (C=O) groups is 1. The molecule has 0 saturated carbocycles. The summed E-state index contributed by atoms with van der Waals surface area (Å²) in [6.45, 7) is 0.907. The highest BCUT2D eigenvalue weighted by Crippen LogP contribution is 2.29. The van der Waals surface area contributed by atoms with E-state index in [1.807, 2.05) is 12.1 Å². The minimum Gasteiger partial charge on any atom is -0.465 e. The standard InChI is InChI=1S/C18H18FNO2S/c1-22-18(21)15-11-12(13-5-3-4-6-16(13)19)7-8-14(15)17-9-10-20-23(17)2/h3-8,11,20H,9-10H2,1-2H3. The summed E-state index contributed by atoms with van der Waals surface area (Å²) in [4.78, 5) is 13.4. The van der Waals surface area contributed by atoms with Gasteiger partial charge in [-0.3, -0.25) is 4.72 Å². The molecule has 0 saturated heterocycles. The molecule has 0 bridgehead atoms. The number of rotatable bonds is 3. The number of nitrogens with one attached hydrogen (secondary N) is 1. The summed E-state index contributed by atoms with van der Waals surface area (Å²) in [5.41, 5.74) is 2.54. The molecular weight excluding hydrogens is 313 g/mol. The third kappa shape index (κ3) is 3.07. The molecule has 3 rings (SSSR count). The molecule has 120 valence electrons. The number of ether oxygens (including phenoxy) is 1. The Balaban J connectivity index is 2.15. The summed E-state index contributed by atoms with van der Waals surface area (Å²) in [6, 6.07) is 12.0. The van der Waals surface area contributed by atoms with Crippen LogP contribution in [-0.2, 0) is 4.74 Å². The average Bonchev–Trinajstić information content (AvgIpc) is 3.00. The van der Waals surface area contributed by atoms with Gasteiger partial charge in [-0.15, -0.1) is 10.7 Å². The summed E-state index contributed by atoms with van der Waals surface area (Å²) in [5.74, 6) is -0.698. The highest BCUT2D eigenvalue weighted by molar-refractivity contribution is 8.14. The molecule has 0 fully saturated rings. The first kappa shape index (κ1) is 15.9. The lowest BCUT2D eigenvalue weighted by atomic mass is 9.96. The van der Waals surface area contributed by atoms with Gasteiger partial charge in [-0.05, 0) is 40.8 Å². The van der Waals surface area contributed by atoms with Crippen molar-refractivity contribution in [1.29, 1.82) is 0 Å². The second-order valence-electron chi connectivity index (χ2n) is 5.31. The lowest BCUT2D eigenvalue weighted by Crippen LogP contribution is -2.10. The molecule has 1 aliphatic heterocycles. The molecule has 0 aliphatic carbocycles. The van der Waals surface area contributed by atoms with Crippen molar-refractivity contribution < 1.29 is 13.9 Å². The van der Waals surface area contributed by atoms with Crippen LogP contribution in [0.25, 0.3) is 11.1 Å². The van der Waals surface area contributed by atoms with Gasteiger partial charge in [0.1, 0.15) is 5.82 Å². The van der Waals surface area contributed by atoms with Crippen LogP contribution in [0, 0.1) is 5.82 Å². The maximum atomic E-state index is 14.0. The van der Waals surface area contributed by atoms with E-state index in [-0.39, 0.29) is 16.5 Å². The fraction of sp³-hybridized carbons (Fsp3) is 0.222. The third-order valence-corrected chi connectivity index (χ3v) is 5.75. The summed E-state index contributed by atoms with van der Waals surface area (Å²) in [5, 5.41) is 0. The van der Waals surface area contributed by atoms with Crippen molar-refractivity contribution in [2.75, 3.05) is 19.9 Å². The van der Waals surface area contributed by atoms with E-state index in [0.717, 1.165) is 18.5 Å². The minimum atomic E-state index is -0.394. The Labute approximate surface area is 137 Å². The average molecular weight is 331 g/mol. The van der Waals surface area contributed by atoms with E-state index in [9.17, 15) is 9.18 Å². The lowest BCUT2D eigenvalue weighted by molar-refractivity contribution is 0.0600. The summed E-state index contributed by atoms with van der Waals surface area (Å²) < 4.78 is 22.3. The topological polar surface area (TPSA) is 38.3 Å². The van der Waals surface area contributed by atoms with Gasteiger partial charge in [-0.2, -0.15) is 0 Å². The van der Waals surface area contributed by atoms with Gasteiger partial charge in [-0.1, -0.05) is 30.3 Å². The Morgan fingerprint density at radius 2 is 2.00 bits per heavy atom. The van der Waals surface area contributed by atoms with E-state index >= 15 is 0 Å². The van der Waals surface area contributed by atoms with Crippen LogP contribution in [0.3, 0.4) is 0 Å². The van der Waals surface area contributed by atoms with Crippen molar-refractivity contribution in [2.24, 2.45) is 0 Å². The van der Waals surface area contributed by atoms with Crippen LogP contribution in [0.4, 0.5) is 4.39 Å². The van der Waals surface area contributed by atoms with Crippen LogP contribution < -0.4 is 4.72 Å². The molecule has 2 aromatic carbocycles. The highest BCUT2D eigenvalue weighted by Gasteiger charge is 2.20. The van der Waals surface area contributed by atoms with Gasteiger partial charge < -0.3 is 4.74 Å². The fourth-order valence-electron chi connectivity index (χ4n) is 2.79. The quantitative estimate of drug-likeness (QED) is 0.690. The van der Waals surface area contributed by atoms with Crippen molar-refractivity contribution in [3.63, 3.8) is 0 Å². The molecule has 3 nitrogen and oxygen atoms in total. The predicted octanol–water partition coefficient (Wildman–Crippen LogP) is 3.61. The van der Waals surface area contributed by atoms with E-state index in [0.29, 0.717) is 16.7 Å². The zero-order chi connectivity index (χ0) is 16.4. The summed E-state index contributed by atoms with van der Waals surface area (Å²) >= 11 is 0. The number of halogens is 1. The first-order valence-corrected chi connectivity index (χ1v) is 8.98. The second-order valence-corrected chi connectivity index (χ2v) is 7.11. The van der Waals surface area contributed by atoms with Gasteiger partial charge in [0.2, 0.25) is 0 Å². The Kier molecular flexibility index (Phi) is 4.59. The van der Waals surface area contributed by atoms with Crippen LogP contribution in [0.15, 0.2) is 42.5 Å². The van der Waals surface area contributed by atoms with E-state index in [2.05, 4.69) is 11.0 Å². The minimum absolute atomic E-state index is 0.0611. The molecule has 0 spiro atoms. The number of hydrogen-bond acceptors (Lipinski definition) is 3. The molecule has 1 unspecified atom stereocenters. The molecule has 0 radical (unpaired) electrons. The SMILES string of the molecule is COC(=O)c1cc(-c2ccccc2F)ccc1C1=S(C)NCC1. The van der Waals surface area contributed by atoms with Gasteiger partial charge in [0, 0.05) is 12.1 Å². The van der Waals surface area contributed by atoms with Gasteiger partial charge in [-0.25, -0.2) is 9.18 Å². The molecule has 1 atom stereocenters. The van der Waals surface area contributed by atoms with Crippen LogP contribution in [0.2, 0.25) is 0 Å². The van der Waals surface area contributed by atoms with E-state index < -0.39 is 5.97 Å². The fourth-order valence-corrected chi connectivity index (χ4v) is 4.29. The van der Waals surface area contributed by atoms with Gasteiger partial charge >= 0.3 is 5.97 Å². The van der Waals surface area contributed by atoms with Gasteiger partial charge in [0.25, 0.3) is 0 Å². The summed E-state index contributed by atoms with van der Waals surface area (Å²) in [7, 11) is 1.31. The smallest absolute Gasteiger partial charge is 0.338 e. The van der Waals surface area contributed by atoms with Crippen molar-refractivity contribution in [1.82, 2.24) is 4.72 Å². The Morgan fingerprint density at radius 3 is 2.65 bits per heavy atom. The molecule has 1 N–H and O–H groups in total. The second kappa shape index (κ2) is 6.64. The Bertz CT molecular complexity index is 801. The van der Waals surface area contributed by atoms with Crippen molar-refractivity contribution >= 4 is 21.5 Å². The molecule has 2 aromatic rings. The highest BCUT2D eigenvalue weighted by atomic mass is 32.2. The molecule has 1 aliphatic rings. The first-order valence-electron chi connectivity index (χ1n) is 7.34. The van der Waals surface area contributed by atoms with Gasteiger partial charge in [0.05, 0.1) is 12.7 Å². The van der Waals surface area contributed by atoms with Crippen LogP contribution >= 0.6 is 10.7 Å². The number of benzene rings is 2. The van der Waals surface area contributed by atoms with E-state index in [4.69, 9.17) is 4.74 Å². The number of hydrogen-bond donors (Lipinski definition) is 1. The molecular formula is C18H18FNO2S. The zero-order valence-electron chi connectivity index (χ0n) is 13.1. The molecule has 0 amide bonds. The maximum absolute atomic E-state index is 14.0. The Morgan fingerprint density at radius 1 is 1.22 bits per heavy atom. The normalized spacial score (nSPS) is 17.3. The molecule has 1 heterocycles. The van der Waals surface area contributed by atoms with Crippen molar-refractivity contribution in [2.45, 2.75) is 6.42 Å². The van der Waals surface area contributed by atoms with E-state index in [1.165, 1.54) is 18.0 Å². The number of methoxy groups -OCH3 is 1. The molecule has 23 heavy (non-hydrogen) atoms. The summed E-state index contributed by atoms with van der Waals surface area (Å²) in [6.07, 6.45) is 3.01. The molecule has 5 heteroatoms. The number of carbonyl (C=O) groups excluding carboxylic acids is 1.